The lowest BCUT2D eigenvalue weighted by molar-refractivity contribution is -0.120. The van der Waals surface area contributed by atoms with Crippen molar-refractivity contribution in [2.24, 2.45) is 5.92 Å². The van der Waals surface area contributed by atoms with Crippen LogP contribution in [-0.2, 0) is 27.8 Å². The number of carbonyl (C=O) groups excluding carboxylic acids is 1. The SMILES string of the molecule is CCCN1CCc2c(sc(NC(=O)C3CCN(S(=O)(=O)c4ccc(Cl)s4)CC3)c2-c2nc3ccccc3s2)C1. The van der Waals surface area contributed by atoms with E-state index < -0.39 is 10.0 Å². The van der Waals surface area contributed by atoms with Crippen LogP contribution in [0.4, 0.5) is 5.00 Å². The third kappa shape index (κ3) is 5.42. The van der Waals surface area contributed by atoms with Crippen molar-refractivity contribution in [3.05, 3.63) is 51.2 Å². The molecule has 12 heteroatoms. The Morgan fingerprint density at radius 1 is 1.10 bits per heavy atom. The summed E-state index contributed by atoms with van der Waals surface area (Å²) in [5.74, 6) is -0.292. The molecule has 0 saturated carbocycles. The van der Waals surface area contributed by atoms with Crippen LogP contribution in [0, 0.1) is 5.92 Å². The molecule has 2 aliphatic heterocycles. The lowest BCUT2D eigenvalue weighted by atomic mass is 9.97. The molecule has 1 amide bonds. The number of carbonyl (C=O) groups is 1. The fourth-order valence-electron chi connectivity index (χ4n) is 5.39. The molecule has 6 rings (SSSR count). The molecule has 3 aromatic heterocycles. The summed E-state index contributed by atoms with van der Waals surface area (Å²) in [5, 5.41) is 5.07. The topological polar surface area (TPSA) is 82.6 Å². The van der Waals surface area contributed by atoms with Crippen molar-refractivity contribution < 1.29 is 13.2 Å². The van der Waals surface area contributed by atoms with Gasteiger partial charge in [0.1, 0.15) is 14.2 Å². The summed E-state index contributed by atoms with van der Waals surface area (Å²) in [5.41, 5.74) is 3.34. The van der Waals surface area contributed by atoms with Crippen molar-refractivity contribution in [3.8, 4) is 10.6 Å². The monoisotopic (exact) mass is 620 g/mol. The summed E-state index contributed by atoms with van der Waals surface area (Å²) in [6.45, 7) is 5.79. The van der Waals surface area contributed by atoms with Gasteiger partial charge in [0.15, 0.2) is 0 Å². The summed E-state index contributed by atoms with van der Waals surface area (Å²) < 4.78 is 29.3. The third-order valence-electron chi connectivity index (χ3n) is 7.39. The lowest BCUT2D eigenvalue weighted by Crippen LogP contribution is -2.41. The average molecular weight is 621 g/mol. The standard InChI is InChI=1S/C27H29ClN4O3S4/c1-2-12-31-13-11-18-21(16-31)37-27(24(18)26-29-19-5-3-4-6-20(19)36-26)30-25(33)17-9-14-32(15-10-17)39(34,35)23-8-7-22(28)38-23/h3-8,17H,2,9-16H2,1H3,(H,30,33). The highest BCUT2D eigenvalue weighted by atomic mass is 35.5. The molecular weight excluding hydrogens is 592 g/mol. The summed E-state index contributed by atoms with van der Waals surface area (Å²) in [7, 11) is -3.59. The maximum absolute atomic E-state index is 13.5. The number of rotatable bonds is 7. The molecular formula is C27H29ClN4O3S4. The Hall–Kier alpha value is -1.86. The van der Waals surface area contributed by atoms with E-state index in [0.717, 1.165) is 69.6 Å². The Kier molecular flexibility index (Phi) is 7.84. The third-order valence-corrected chi connectivity index (χ3v) is 13.2. The highest BCUT2D eigenvalue weighted by Crippen LogP contribution is 2.46. The van der Waals surface area contributed by atoms with Crippen LogP contribution in [0.5, 0.6) is 0 Å². The van der Waals surface area contributed by atoms with E-state index in [2.05, 4.69) is 23.2 Å². The van der Waals surface area contributed by atoms with Crippen LogP contribution in [0.25, 0.3) is 20.8 Å². The molecule has 0 spiro atoms. The maximum Gasteiger partial charge on any atom is 0.252 e. The highest BCUT2D eigenvalue weighted by molar-refractivity contribution is 7.91. The predicted octanol–water partition coefficient (Wildman–Crippen LogP) is 6.55. The van der Waals surface area contributed by atoms with Crippen molar-refractivity contribution in [1.82, 2.24) is 14.2 Å². The number of anilines is 1. The minimum atomic E-state index is -3.59. The molecule has 1 fully saturated rings. The average Bonchev–Trinajstić information content (AvgIpc) is 3.65. The van der Waals surface area contributed by atoms with E-state index in [0.29, 0.717) is 30.3 Å². The number of thiophene rings is 2. The number of hydrogen-bond donors (Lipinski definition) is 1. The number of sulfonamides is 1. The number of fused-ring (bicyclic) bond motifs is 2. The first kappa shape index (κ1) is 27.3. The molecule has 1 saturated heterocycles. The number of halogens is 1. The normalized spacial score (nSPS) is 17.5. The number of para-hydroxylation sites is 1. The van der Waals surface area contributed by atoms with Crippen LogP contribution in [-0.4, -0.2) is 54.7 Å². The fraction of sp³-hybridized carbons (Fsp3) is 0.407. The molecule has 7 nitrogen and oxygen atoms in total. The van der Waals surface area contributed by atoms with Crippen LogP contribution in [0.15, 0.2) is 40.6 Å². The van der Waals surface area contributed by atoms with Gasteiger partial charge in [-0.1, -0.05) is 30.7 Å². The van der Waals surface area contributed by atoms with Crippen LogP contribution in [0.2, 0.25) is 4.34 Å². The number of amides is 1. The van der Waals surface area contributed by atoms with Crippen molar-refractivity contribution in [3.63, 3.8) is 0 Å². The van der Waals surface area contributed by atoms with Crippen molar-refractivity contribution in [1.29, 1.82) is 0 Å². The Morgan fingerprint density at radius 3 is 2.62 bits per heavy atom. The molecule has 1 aromatic carbocycles. The minimum Gasteiger partial charge on any atom is -0.317 e. The van der Waals surface area contributed by atoms with Crippen LogP contribution in [0.3, 0.4) is 0 Å². The number of thiazole rings is 1. The van der Waals surface area contributed by atoms with Crippen LogP contribution >= 0.6 is 45.6 Å². The van der Waals surface area contributed by atoms with Gasteiger partial charge in [0.05, 0.1) is 14.6 Å². The van der Waals surface area contributed by atoms with Crippen molar-refractivity contribution in [2.45, 2.75) is 43.4 Å². The Bertz CT molecular complexity index is 1590. The maximum atomic E-state index is 13.5. The zero-order chi connectivity index (χ0) is 27.1. The quantitative estimate of drug-likeness (QED) is 0.253. The zero-order valence-corrected chi connectivity index (χ0v) is 25.5. The van der Waals surface area contributed by atoms with E-state index in [9.17, 15) is 13.2 Å². The van der Waals surface area contributed by atoms with Gasteiger partial charge in [-0.25, -0.2) is 13.4 Å². The highest BCUT2D eigenvalue weighted by Gasteiger charge is 2.34. The Balaban J connectivity index is 1.23. The fourth-order valence-corrected chi connectivity index (χ4v) is 10.9. The molecule has 2 aliphatic rings. The van der Waals surface area contributed by atoms with Gasteiger partial charge in [0.2, 0.25) is 5.91 Å². The largest absolute Gasteiger partial charge is 0.317 e. The number of hydrogen-bond acceptors (Lipinski definition) is 8. The molecule has 0 bridgehead atoms. The number of piperidine rings is 1. The van der Waals surface area contributed by atoms with E-state index in [1.165, 1.54) is 14.7 Å². The van der Waals surface area contributed by atoms with Gasteiger partial charge in [-0.15, -0.1) is 34.0 Å². The van der Waals surface area contributed by atoms with Crippen LogP contribution < -0.4 is 5.32 Å². The van der Waals surface area contributed by atoms with E-state index in [-0.39, 0.29) is 16.0 Å². The molecule has 39 heavy (non-hydrogen) atoms. The van der Waals surface area contributed by atoms with E-state index in [1.54, 1.807) is 34.8 Å². The van der Waals surface area contributed by atoms with Gasteiger partial charge in [0, 0.05) is 42.5 Å². The van der Waals surface area contributed by atoms with Gasteiger partial charge >= 0.3 is 0 Å². The number of benzene rings is 1. The minimum absolute atomic E-state index is 0.0439. The number of nitrogens with zero attached hydrogens (tertiary/aromatic N) is 3. The van der Waals surface area contributed by atoms with Crippen molar-refractivity contribution >= 4 is 76.8 Å². The van der Waals surface area contributed by atoms with Gasteiger partial charge in [0.25, 0.3) is 10.0 Å². The van der Waals surface area contributed by atoms with Gasteiger partial charge in [-0.2, -0.15) is 4.31 Å². The molecule has 0 radical (unpaired) electrons. The second kappa shape index (κ2) is 11.2. The van der Waals surface area contributed by atoms with E-state index in [1.807, 2.05) is 18.2 Å². The van der Waals surface area contributed by atoms with Gasteiger partial charge in [-0.3, -0.25) is 9.69 Å². The van der Waals surface area contributed by atoms with E-state index in [4.69, 9.17) is 16.6 Å². The Morgan fingerprint density at radius 2 is 1.90 bits per heavy atom. The van der Waals surface area contributed by atoms with Crippen molar-refractivity contribution in [2.75, 3.05) is 31.5 Å². The molecule has 0 atom stereocenters. The first-order chi connectivity index (χ1) is 18.8. The van der Waals surface area contributed by atoms with E-state index >= 15 is 0 Å². The van der Waals surface area contributed by atoms with Gasteiger partial charge in [-0.05, 0) is 62.1 Å². The molecule has 5 heterocycles. The zero-order valence-electron chi connectivity index (χ0n) is 21.5. The first-order valence-corrected chi connectivity index (χ1v) is 17.4. The summed E-state index contributed by atoms with van der Waals surface area (Å²) in [4.78, 5) is 22.2. The molecule has 4 aromatic rings. The predicted molar refractivity (Wildman–Crippen MR) is 162 cm³/mol. The molecule has 0 unspecified atom stereocenters. The summed E-state index contributed by atoms with van der Waals surface area (Å²) >= 11 is 10.4. The Labute approximate surface area is 245 Å². The van der Waals surface area contributed by atoms with Crippen LogP contribution in [0.1, 0.15) is 36.6 Å². The molecule has 1 N–H and O–H groups in total. The second-order valence-corrected chi connectivity index (χ2v) is 16.0. The second-order valence-electron chi connectivity index (χ2n) is 9.95. The summed E-state index contributed by atoms with van der Waals surface area (Å²) in [6, 6.07) is 11.3. The van der Waals surface area contributed by atoms with Gasteiger partial charge < -0.3 is 5.32 Å². The molecule has 0 aliphatic carbocycles. The summed E-state index contributed by atoms with van der Waals surface area (Å²) in [6.07, 6.45) is 3.02. The lowest BCUT2D eigenvalue weighted by Gasteiger charge is -2.30. The first-order valence-electron chi connectivity index (χ1n) is 13.1. The number of nitrogens with one attached hydrogen (secondary N) is 1. The smallest absolute Gasteiger partial charge is 0.252 e. The number of aromatic nitrogens is 1. The molecule has 206 valence electrons.